The summed E-state index contributed by atoms with van der Waals surface area (Å²) in [5.41, 5.74) is 1.27. The van der Waals surface area contributed by atoms with Gasteiger partial charge in [0.25, 0.3) is 5.91 Å². The fraction of sp³-hybridized carbons (Fsp3) is 0.333. The first-order chi connectivity index (χ1) is 13.8. The van der Waals surface area contributed by atoms with Gasteiger partial charge in [-0.3, -0.25) is 4.79 Å². The Morgan fingerprint density at radius 3 is 2.45 bits per heavy atom. The Kier molecular flexibility index (Phi) is 4.72. The topological polar surface area (TPSA) is 51.3 Å². The standard InChI is InChI=1S/C21H20F3N3O2/c1-3-26(4-2)20(28)13-5-7-14(8-6-13)27-18-15-11-12-29-17(15)10-9-16(18)19(25-27)21(22,23)24/h5-8,11-12H,3-4,9-10H2,1-2H3. The molecule has 1 amide bonds. The molecular formula is C21H20F3N3O2. The predicted molar refractivity (Wildman–Crippen MR) is 101 cm³/mol. The normalized spacial score (nSPS) is 13.1. The molecule has 1 aromatic carbocycles. The maximum absolute atomic E-state index is 13.6. The second kappa shape index (κ2) is 7.09. The van der Waals surface area contributed by atoms with Crippen LogP contribution < -0.4 is 0 Å². The highest BCUT2D eigenvalue weighted by Gasteiger charge is 2.41. The molecule has 0 bridgehead atoms. The van der Waals surface area contributed by atoms with E-state index < -0.39 is 11.9 Å². The molecule has 8 heteroatoms. The van der Waals surface area contributed by atoms with Crippen molar-refractivity contribution in [2.45, 2.75) is 32.9 Å². The highest BCUT2D eigenvalue weighted by Crippen LogP contribution is 2.42. The lowest BCUT2D eigenvalue weighted by Gasteiger charge is -2.19. The highest BCUT2D eigenvalue weighted by atomic mass is 19.4. The van der Waals surface area contributed by atoms with Crippen LogP contribution in [0.5, 0.6) is 0 Å². The number of benzene rings is 1. The summed E-state index contributed by atoms with van der Waals surface area (Å²) in [4.78, 5) is 14.2. The zero-order valence-electron chi connectivity index (χ0n) is 16.1. The summed E-state index contributed by atoms with van der Waals surface area (Å²) in [6.07, 6.45) is -2.45. The van der Waals surface area contributed by atoms with Gasteiger partial charge in [0.15, 0.2) is 5.69 Å². The predicted octanol–water partition coefficient (Wildman–Crippen LogP) is 4.73. The molecule has 4 rings (SSSR count). The first-order valence-corrected chi connectivity index (χ1v) is 9.50. The van der Waals surface area contributed by atoms with E-state index in [-0.39, 0.29) is 17.9 Å². The maximum Gasteiger partial charge on any atom is 0.435 e. The van der Waals surface area contributed by atoms with Gasteiger partial charge in [-0.15, -0.1) is 0 Å². The molecule has 2 heterocycles. The molecule has 3 aromatic rings. The van der Waals surface area contributed by atoms with Crippen LogP contribution in [-0.2, 0) is 19.0 Å². The lowest BCUT2D eigenvalue weighted by atomic mass is 9.94. The number of aryl methyl sites for hydroxylation is 1. The van der Waals surface area contributed by atoms with Crippen LogP contribution in [-0.4, -0.2) is 33.7 Å². The third-order valence-electron chi connectivity index (χ3n) is 5.26. The number of halogens is 3. The highest BCUT2D eigenvalue weighted by molar-refractivity contribution is 5.94. The van der Waals surface area contributed by atoms with E-state index >= 15 is 0 Å². The number of carbonyl (C=O) groups is 1. The van der Waals surface area contributed by atoms with E-state index in [0.717, 1.165) is 0 Å². The van der Waals surface area contributed by atoms with Crippen LogP contribution in [0.3, 0.4) is 0 Å². The molecule has 0 N–H and O–H groups in total. The third kappa shape index (κ3) is 3.22. The molecule has 0 radical (unpaired) electrons. The summed E-state index contributed by atoms with van der Waals surface area (Å²) in [6, 6.07) is 8.16. The van der Waals surface area contributed by atoms with E-state index in [1.54, 1.807) is 35.2 Å². The molecule has 29 heavy (non-hydrogen) atoms. The second-order valence-corrected chi connectivity index (χ2v) is 6.87. The first-order valence-electron chi connectivity index (χ1n) is 9.50. The van der Waals surface area contributed by atoms with E-state index in [9.17, 15) is 18.0 Å². The molecule has 152 valence electrons. The van der Waals surface area contributed by atoms with Crippen LogP contribution in [0.15, 0.2) is 41.0 Å². The number of fused-ring (bicyclic) bond motifs is 3. The Bertz CT molecular complexity index is 1040. The SMILES string of the molecule is CCN(CC)C(=O)c1ccc(-n2nc(C(F)(F)F)c3c2-c2ccoc2CC3)cc1. The van der Waals surface area contributed by atoms with Crippen molar-refractivity contribution in [3.63, 3.8) is 0 Å². The molecule has 1 aliphatic carbocycles. The van der Waals surface area contributed by atoms with Crippen molar-refractivity contribution < 1.29 is 22.4 Å². The monoisotopic (exact) mass is 403 g/mol. The Morgan fingerprint density at radius 1 is 1.14 bits per heavy atom. The molecule has 0 unspecified atom stereocenters. The quantitative estimate of drug-likeness (QED) is 0.633. The van der Waals surface area contributed by atoms with E-state index in [1.807, 2.05) is 13.8 Å². The number of hydrogen-bond donors (Lipinski definition) is 0. The van der Waals surface area contributed by atoms with Crippen LogP contribution in [0.25, 0.3) is 16.9 Å². The van der Waals surface area contributed by atoms with Crippen molar-refractivity contribution in [3.05, 3.63) is 59.2 Å². The molecule has 2 aromatic heterocycles. The van der Waals surface area contributed by atoms with Crippen molar-refractivity contribution in [2.24, 2.45) is 0 Å². The van der Waals surface area contributed by atoms with Gasteiger partial charge in [0, 0.05) is 36.2 Å². The van der Waals surface area contributed by atoms with Gasteiger partial charge in [0.1, 0.15) is 5.76 Å². The van der Waals surface area contributed by atoms with Gasteiger partial charge >= 0.3 is 6.18 Å². The Balaban J connectivity index is 1.80. The molecule has 0 saturated carbocycles. The van der Waals surface area contributed by atoms with E-state index in [1.165, 1.54) is 10.9 Å². The Labute approximate surface area is 165 Å². The van der Waals surface area contributed by atoms with Crippen LogP contribution in [0.4, 0.5) is 13.2 Å². The number of hydrogen-bond acceptors (Lipinski definition) is 3. The second-order valence-electron chi connectivity index (χ2n) is 6.87. The van der Waals surface area contributed by atoms with Gasteiger partial charge in [-0.2, -0.15) is 18.3 Å². The smallest absolute Gasteiger partial charge is 0.435 e. The number of carbonyl (C=O) groups excluding carboxylic acids is 1. The number of aromatic nitrogens is 2. The summed E-state index contributed by atoms with van der Waals surface area (Å²) in [6.45, 7) is 4.96. The number of rotatable bonds is 4. The van der Waals surface area contributed by atoms with Crippen molar-refractivity contribution in [3.8, 4) is 16.9 Å². The molecule has 0 fully saturated rings. The maximum atomic E-state index is 13.6. The molecule has 0 saturated heterocycles. The van der Waals surface area contributed by atoms with Crippen LogP contribution in [0, 0.1) is 0 Å². The third-order valence-corrected chi connectivity index (χ3v) is 5.26. The van der Waals surface area contributed by atoms with Gasteiger partial charge in [0.05, 0.1) is 17.6 Å². The lowest BCUT2D eigenvalue weighted by molar-refractivity contribution is -0.142. The summed E-state index contributed by atoms with van der Waals surface area (Å²) >= 11 is 0. The minimum absolute atomic E-state index is 0.114. The van der Waals surface area contributed by atoms with Gasteiger partial charge in [-0.1, -0.05) is 0 Å². The minimum atomic E-state index is -4.55. The molecule has 0 aliphatic heterocycles. The Morgan fingerprint density at radius 2 is 1.83 bits per heavy atom. The fourth-order valence-electron chi connectivity index (χ4n) is 3.80. The van der Waals surface area contributed by atoms with Crippen LogP contribution in [0.2, 0.25) is 0 Å². The lowest BCUT2D eigenvalue weighted by Crippen LogP contribution is -2.30. The zero-order chi connectivity index (χ0) is 20.8. The van der Waals surface area contributed by atoms with Crippen molar-refractivity contribution >= 4 is 5.91 Å². The van der Waals surface area contributed by atoms with Gasteiger partial charge in [-0.05, 0) is 50.6 Å². The fourth-order valence-corrected chi connectivity index (χ4v) is 3.80. The molecular weight excluding hydrogens is 383 g/mol. The molecule has 0 atom stereocenters. The van der Waals surface area contributed by atoms with Crippen LogP contribution >= 0.6 is 0 Å². The number of nitrogens with zero attached hydrogens (tertiary/aromatic N) is 3. The first kappa shape index (κ1) is 19.3. The summed E-state index contributed by atoms with van der Waals surface area (Å²) in [7, 11) is 0. The largest absolute Gasteiger partial charge is 0.469 e. The number of amides is 1. The average molecular weight is 403 g/mol. The zero-order valence-corrected chi connectivity index (χ0v) is 16.1. The van der Waals surface area contributed by atoms with E-state index in [2.05, 4.69) is 5.10 Å². The molecule has 0 spiro atoms. The molecule has 1 aliphatic rings. The number of furan rings is 1. The summed E-state index contributed by atoms with van der Waals surface area (Å²) in [5.74, 6) is 0.540. The molecule has 5 nitrogen and oxygen atoms in total. The average Bonchev–Trinajstić information content (AvgIpc) is 3.32. The van der Waals surface area contributed by atoms with Gasteiger partial charge in [-0.25, -0.2) is 4.68 Å². The van der Waals surface area contributed by atoms with E-state index in [0.29, 0.717) is 47.8 Å². The number of alkyl halides is 3. The Hall–Kier alpha value is -3.03. The summed E-state index contributed by atoms with van der Waals surface area (Å²) in [5, 5.41) is 3.91. The van der Waals surface area contributed by atoms with Crippen molar-refractivity contribution in [1.29, 1.82) is 0 Å². The van der Waals surface area contributed by atoms with Crippen molar-refractivity contribution in [1.82, 2.24) is 14.7 Å². The van der Waals surface area contributed by atoms with Gasteiger partial charge in [0.2, 0.25) is 0 Å². The minimum Gasteiger partial charge on any atom is -0.469 e. The van der Waals surface area contributed by atoms with Crippen LogP contribution in [0.1, 0.15) is 41.2 Å². The van der Waals surface area contributed by atoms with E-state index in [4.69, 9.17) is 4.42 Å². The van der Waals surface area contributed by atoms with Gasteiger partial charge < -0.3 is 9.32 Å². The summed E-state index contributed by atoms with van der Waals surface area (Å²) < 4.78 is 47.5. The van der Waals surface area contributed by atoms with Crippen molar-refractivity contribution in [2.75, 3.05) is 13.1 Å².